The van der Waals surface area contributed by atoms with Crippen LogP contribution in [0.3, 0.4) is 0 Å². The number of hydrogen-bond acceptors (Lipinski definition) is 0. The maximum absolute atomic E-state index is 7.61. The fraction of sp³-hybridized carbons (Fsp3) is 0.250. The highest BCUT2D eigenvalue weighted by Crippen LogP contribution is 2.22. The van der Waals surface area contributed by atoms with Crippen LogP contribution >= 0.6 is 7.92 Å². The van der Waals surface area contributed by atoms with E-state index in [9.17, 15) is 0 Å². The molecule has 0 aromatic heterocycles. The van der Waals surface area contributed by atoms with Crippen molar-refractivity contribution in [3.8, 4) is 0 Å². The molecule has 0 N–H and O–H groups in total. The van der Waals surface area contributed by atoms with Crippen molar-refractivity contribution in [2.75, 3.05) is 13.3 Å². The normalized spacial score (nSPS) is 17.9. The summed E-state index contributed by atoms with van der Waals surface area (Å²) in [4.78, 5) is 0. The fourth-order valence-corrected chi connectivity index (χ4v) is 1.03. The van der Waals surface area contributed by atoms with Crippen LogP contribution in [0, 0.1) is 0 Å². The van der Waals surface area contributed by atoms with Crippen molar-refractivity contribution in [1.82, 2.24) is 0 Å². The monoisotopic (exact) mass is 148 g/mol. The summed E-state index contributed by atoms with van der Waals surface area (Å²) in [6.07, 6.45) is 0. The Balaban J connectivity index is 3.60. The van der Waals surface area contributed by atoms with Crippen molar-refractivity contribution >= 4 is 13.2 Å². The molecule has 0 heterocycles. The number of benzene rings is 1. The van der Waals surface area contributed by atoms with Crippen LogP contribution in [-0.4, -0.2) is 13.3 Å². The molecule has 1 rings (SSSR count). The average Bonchev–Trinajstić information content (AvgIpc) is 2.11. The lowest BCUT2D eigenvalue weighted by molar-refractivity contribution is 1.77. The van der Waals surface area contributed by atoms with Gasteiger partial charge < -0.3 is 0 Å². The van der Waals surface area contributed by atoms with E-state index < -0.39 is 7.92 Å². The van der Waals surface area contributed by atoms with Crippen LogP contribution in [0.15, 0.2) is 30.2 Å². The van der Waals surface area contributed by atoms with Crippen LogP contribution < -0.4 is 5.30 Å². The molecule has 48 valence electrons. The minimum Gasteiger partial charge on any atom is -0.0817 e. The molecule has 1 heteroatoms. The van der Waals surface area contributed by atoms with Crippen LogP contribution in [-0.2, 0) is 0 Å². The second-order valence-corrected chi connectivity index (χ2v) is 4.10. The van der Waals surface area contributed by atoms with Crippen LogP contribution in [0.25, 0.3) is 0 Å². The van der Waals surface area contributed by atoms with Crippen molar-refractivity contribution < 1.29 is 6.85 Å². The molecule has 1 aromatic rings. The zero-order valence-electron chi connectivity index (χ0n) is 10.4. The Hall–Kier alpha value is -0.350. The molecule has 0 aliphatic carbocycles. The van der Waals surface area contributed by atoms with Gasteiger partial charge in [-0.3, -0.25) is 0 Å². The van der Waals surface area contributed by atoms with Crippen LogP contribution in [0.1, 0.15) is 6.85 Å². The van der Waals surface area contributed by atoms with E-state index in [4.69, 9.17) is 6.85 Å². The van der Waals surface area contributed by atoms with Gasteiger partial charge in [0.1, 0.15) is 0 Å². The van der Waals surface area contributed by atoms with Gasteiger partial charge in [0.2, 0.25) is 0 Å². The van der Waals surface area contributed by atoms with Gasteiger partial charge in [-0.15, -0.1) is 0 Å². The summed E-state index contributed by atoms with van der Waals surface area (Å²) >= 11 is 0. The first-order chi connectivity index (χ1) is 6.37. The Morgan fingerprint density at radius 2 is 1.78 bits per heavy atom. The second-order valence-electron chi connectivity index (χ2n) is 1.87. The first-order valence-electron chi connectivity index (χ1n) is 5.12. The third-order valence-electron chi connectivity index (χ3n) is 0.934. The minimum absolute atomic E-state index is 0.0629. The summed E-state index contributed by atoms with van der Waals surface area (Å²) in [5, 5.41) is 0.450. The zero-order chi connectivity index (χ0) is 11.0. The molecule has 0 nitrogen and oxygen atoms in total. The Kier molecular flexibility index (Phi) is 0.900. The van der Waals surface area contributed by atoms with Crippen molar-refractivity contribution in [3.05, 3.63) is 30.2 Å². The molecule has 0 fully saturated rings. The summed E-state index contributed by atoms with van der Waals surface area (Å²) in [6.45, 7) is 3.76. The van der Waals surface area contributed by atoms with Gasteiger partial charge in [0, 0.05) is 0 Å². The molecule has 0 aliphatic heterocycles. The van der Waals surface area contributed by atoms with E-state index in [2.05, 4.69) is 0 Å². The van der Waals surface area contributed by atoms with Gasteiger partial charge in [-0.25, -0.2) is 0 Å². The van der Waals surface area contributed by atoms with E-state index in [0.717, 1.165) is 0 Å². The maximum atomic E-state index is 7.61. The van der Waals surface area contributed by atoms with E-state index in [1.807, 2.05) is 13.3 Å². The Morgan fingerprint density at radius 3 is 2.22 bits per heavy atom. The molecule has 0 atom stereocenters. The highest BCUT2D eigenvalue weighted by Gasteiger charge is 1.92. The van der Waals surface area contributed by atoms with E-state index in [1.54, 1.807) is 0 Å². The molecule has 0 saturated carbocycles. The van der Waals surface area contributed by atoms with Crippen molar-refractivity contribution in [2.45, 2.75) is 0 Å². The first kappa shape index (κ1) is 2.72. The van der Waals surface area contributed by atoms with E-state index in [0.29, 0.717) is 5.30 Å². The first-order valence-corrected chi connectivity index (χ1v) is 4.85. The minimum atomic E-state index is -0.680. The number of hydrogen-bond donors (Lipinski definition) is 0. The predicted octanol–water partition coefficient (Wildman–Crippen LogP) is 2.05. The highest BCUT2D eigenvalue weighted by molar-refractivity contribution is 7.64. The molecular formula is C8H11P. The topological polar surface area (TPSA) is 0 Å². The second kappa shape index (κ2) is 2.98. The number of rotatable bonds is 1. The van der Waals surface area contributed by atoms with Crippen LogP contribution in [0.2, 0.25) is 0 Å². The smallest absolute Gasteiger partial charge is 0.0629 e. The molecule has 0 aliphatic rings. The SMILES string of the molecule is [3H]c1c([3H])c([3H])c(P(C)C)c([3H])c1[3H]. The van der Waals surface area contributed by atoms with E-state index >= 15 is 0 Å². The van der Waals surface area contributed by atoms with Gasteiger partial charge in [0.15, 0.2) is 0 Å². The summed E-state index contributed by atoms with van der Waals surface area (Å²) in [7, 11) is -0.680. The Morgan fingerprint density at radius 1 is 1.22 bits per heavy atom. The molecular weight excluding hydrogens is 127 g/mol. The maximum Gasteiger partial charge on any atom is 0.0629 e. The quantitative estimate of drug-likeness (QED) is 0.535. The standard InChI is InChI=1S/C8H11P/c1-9(2)8-6-4-3-5-7-8/h3-7H,1-2H3/i3T,4T,5T,6T,7T. The molecule has 1 aromatic carbocycles. The van der Waals surface area contributed by atoms with Gasteiger partial charge >= 0.3 is 0 Å². The van der Waals surface area contributed by atoms with Crippen LogP contribution in [0.5, 0.6) is 0 Å². The van der Waals surface area contributed by atoms with Gasteiger partial charge in [-0.05, 0) is 18.6 Å². The van der Waals surface area contributed by atoms with Gasteiger partial charge in [0.25, 0.3) is 0 Å². The summed E-state index contributed by atoms with van der Waals surface area (Å²) < 4.78 is 37.5. The summed E-state index contributed by atoms with van der Waals surface area (Å²) in [5.41, 5.74) is 0. The van der Waals surface area contributed by atoms with E-state index in [1.165, 1.54) is 0 Å². The zero-order valence-corrected chi connectivity index (χ0v) is 6.34. The Bertz CT molecular complexity index is 345. The molecule has 0 bridgehead atoms. The predicted molar refractivity (Wildman–Crippen MR) is 44.8 cm³/mol. The molecule has 0 amide bonds. The average molecular weight is 148 g/mol. The fourth-order valence-electron chi connectivity index (χ4n) is 0.467. The van der Waals surface area contributed by atoms with Crippen molar-refractivity contribution in [1.29, 1.82) is 0 Å². The van der Waals surface area contributed by atoms with Crippen LogP contribution in [0.4, 0.5) is 0 Å². The van der Waals surface area contributed by atoms with Gasteiger partial charge in [-0.1, -0.05) is 38.1 Å². The lowest BCUT2D eigenvalue weighted by Crippen LogP contribution is -1.95. The third-order valence-corrected chi connectivity index (χ3v) is 2.05. The third kappa shape index (κ3) is 1.80. The van der Waals surface area contributed by atoms with Crippen molar-refractivity contribution in [2.24, 2.45) is 0 Å². The lowest BCUT2D eigenvalue weighted by atomic mass is 10.4. The summed E-state index contributed by atoms with van der Waals surface area (Å²) in [5.74, 6) is 0. The van der Waals surface area contributed by atoms with Gasteiger partial charge in [0.05, 0.1) is 6.85 Å². The Labute approximate surface area is 64.7 Å². The summed E-state index contributed by atoms with van der Waals surface area (Å²) in [6, 6.07) is -0.922. The lowest BCUT2D eigenvalue weighted by Gasteiger charge is -2.02. The molecule has 0 saturated heterocycles. The molecule has 9 heavy (non-hydrogen) atoms. The highest BCUT2D eigenvalue weighted by atomic mass is 31.1. The van der Waals surface area contributed by atoms with Gasteiger partial charge in [-0.2, -0.15) is 0 Å². The molecule has 0 unspecified atom stereocenters. The largest absolute Gasteiger partial charge is 0.0817 e. The molecule has 0 spiro atoms. The van der Waals surface area contributed by atoms with Crippen molar-refractivity contribution in [3.63, 3.8) is 0 Å². The molecule has 0 radical (unpaired) electrons. The van der Waals surface area contributed by atoms with E-state index in [-0.39, 0.29) is 30.2 Å².